The maximum absolute atomic E-state index is 13.5. The molecule has 3 N–H and O–H groups in total. The Morgan fingerprint density at radius 2 is 1.88 bits per heavy atom. The maximum atomic E-state index is 13.5. The van der Waals surface area contributed by atoms with E-state index in [1.165, 1.54) is 6.07 Å². The van der Waals surface area contributed by atoms with Crippen LogP contribution in [0, 0.1) is 12.7 Å². The minimum Gasteiger partial charge on any atom is -0.397 e. The molecule has 88 valence electrons. The van der Waals surface area contributed by atoms with E-state index in [2.05, 4.69) is 5.32 Å². The van der Waals surface area contributed by atoms with E-state index in [-0.39, 0.29) is 5.82 Å². The molecule has 0 unspecified atom stereocenters. The molecule has 2 nitrogen and oxygen atoms in total. The van der Waals surface area contributed by atoms with E-state index in [1.807, 2.05) is 13.0 Å². The van der Waals surface area contributed by atoms with Crippen molar-refractivity contribution in [2.45, 2.75) is 6.92 Å². The summed E-state index contributed by atoms with van der Waals surface area (Å²) >= 11 is 6.06. The fraction of sp³-hybridized carbons (Fsp3) is 0.0769. The van der Waals surface area contributed by atoms with Crippen molar-refractivity contribution >= 4 is 28.7 Å². The SMILES string of the molecule is Cc1cc(N)c(Cl)c(Nc2ccccc2F)c1. The monoisotopic (exact) mass is 250 g/mol. The molecule has 2 aromatic rings. The van der Waals surface area contributed by atoms with Crippen LogP contribution in [-0.2, 0) is 0 Å². The van der Waals surface area contributed by atoms with E-state index in [4.69, 9.17) is 17.3 Å². The molecule has 0 saturated carbocycles. The van der Waals surface area contributed by atoms with Gasteiger partial charge in [-0.2, -0.15) is 0 Å². The Hall–Kier alpha value is -1.74. The average Bonchev–Trinajstić information content (AvgIpc) is 2.28. The lowest BCUT2D eigenvalue weighted by Crippen LogP contribution is -1.97. The third-order valence-electron chi connectivity index (χ3n) is 2.39. The second-order valence-corrected chi connectivity index (χ2v) is 4.20. The first-order valence-electron chi connectivity index (χ1n) is 5.15. The van der Waals surface area contributed by atoms with E-state index >= 15 is 0 Å². The minimum absolute atomic E-state index is 0.330. The third-order valence-corrected chi connectivity index (χ3v) is 2.81. The predicted molar refractivity (Wildman–Crippen MR) is 70.3 cm³/mol. The Bertz CT molecular complexity index is 555. The van der Waals surface area contributed by atoms with Gasteiger partial charge in [-0.25, -0.2) is 4.39 Å². The van der Waals surface area contributed by atoms with Gasteiger partial charge in [-0.15, -0.1) is 0 Å². The lowest BCUT2D eigenvalue weighted by atomic mass is 10.2. The van der Waals surface area contributed by atoms with Gasteiger partial charge >= 0.3 is 0 Å². The molecule has 0 amide bonds. The van der Waals surface area contributed by atoms with Crippen molar-refractivity contribution in [2.75, 3.05) is 11.1 Å². The molecule has 4 heteroatoms. The number of nitrogens with one attached hydrogen (secondary N) is 1. The second-order valence-electron chi connectivity index (χ2n) is 3.82. The Balaban J connectivity index is 2.40. The summed E-state index contributed by atoms with van der Waals surface area (Å²) in [5.74, 6) is -0.330. The number of anilines is 3. The maximum Gasteiger partial charge on any atom is 0.146 e. The van der Waals surface area contributed by atoms with Crippen LogP contribution < -0.4 is 11.1 Å². The van der Waals surface area contributed by atoms with Crippen LogP contribution in [0.4, 0.5) is 21.5 Å². The first-order chi connectivity index (χ1) is 8.08. The van der Waals surface area contributed by atoms with Gasteiger partial charge in [0.1, 0.15) is 5.82 Å². The van der Waals surface area contributed by atoms with Crippen molar-refractivity contribution in [1.29, 1.82) is 0 Å². The van der Waals surface area contributed by atoms with Crippen LogP contribution in [0.15, 0.2) is 36.4 Å². The third kappa shape index (κ3) is 2.50. The van der Waals surface area contributed by atoms with Crippen molar-refractivity contribution in [1.82, 2.24) is 0 Å². The van der Waals surface area contributed by atoms with Crippen LogP contribution in [0.1, 0.15) is 5.56 Å². The molecule has 0 spiro atoms. The van der Waals surface area contributed by atoms with Crippen molar-refractivity contribution in [3.63, 3.8) is 0 Å². The first-order valence-corrected chi connectivity index (χ1v) is 5.53. The van der Waals surface area contributed by atoms with Gasteiger partial charge in [-0.05, 0) is 36.8 Å². The molecule has 0 heterocycles. The highest BCUT2D eigenvalue weighted by Gasteiger charge is 2.07. The summed E-state index contributed by atoms with van der Waals surface area (Å²) in [6.45, 7) is 1.90. The number of hydrogen-bond acceptors (Lipinski definition) is 2. The van der Waals surface area contributed by atoms with Gasteiger partial charge in [0.15, 0.2) is 0 Å². The van der Waals surface area contributed by atoms with Crippen LogP contribution in [-0.4, -0.2) is 0 Å². The van der Waals surface area contributed by atoms with E-state index in [9.17, 15) is 4.39 Å². The summed E-state index contributed by atoms with van der Waals surface area (Å²) in [6, 6.07) is 10.0. The van der Waals surface area contributed by atoms with Gasteiger partial charge in [0.2, 0.25) is 0 Å². The van der Waals surface area contributed by atoms with Crippen molar-refractivity contribution < 1.29 is 4.39 Å². The molecule has 0 aromatic heterocycles. The standard InChI is InChI=1S/C13H12ClFN2/c1-8-6-10(16)13(14)12(7-8)17-11-5-3-2-4-9(11)15/h2-7,17H,16H2,1H3. The Labute approximate surface area is 104 Å². The number of benzene rings is 2. The number of halogens is 2. The van der Waals surface area contributed by atoms with Crippen molar-refractivity contribution in [3.8, 4) is 0 Å². The molecule has 0 bridgehead atoms. The Morgan fingerprint density at radius 1 is 1.18 bits per heavy atom. The zero-order valence-electron chi connectivity index (χ0n) is 9.30. The van der Waals surface area contributed by atoms with E-state index in [1.54, 1.807) is 24.3 Å². The molecule has 0 saturated heterocycles. The van der Waals surface area contributed by atoms with E-state index in [0.29, 0.717) is 22.1 Å². The van der Waals surface area contributed by atoms with Crippen LogP contribution in [0.2, 0.25) is 5.02 Å². The van der Waals surface area contributed by atoms with Crippen molar-refractivity contribution in [2.24, 2.45) is 0 Å². The van der Waals surface area contributed by atoms with Gasteiger partial charge in [-0.3, -0.25) is 0 Å². The van der Waals surface area contributed by atoms with Crippen LogP contribution in [0.25, 0.3) is 0 Å². The normalized spacial score (nSPS) is 10.3. The summed E-state index contributed by atoms with van der Waals surface area (Å²) in [7, 11) is 0. The molecule has 17 heavy (non-hydrogen) atoms. The second kappa shape index (κ2) is 4.63. The number of nitrogen functional groups attached to an aromatic ring is 1. The van der Waals surface area contributed by atoms with Gasteiger partial charge in [-0.1, -0.05) is 23.7 Å². The molecule has 0 aliphatic heterocycles. The molecule has 2 rings (SSSR count). The molecule has 0 aliphatic rings. The highest BCUT2D eigenvalue weighted by molar-refractivity contribution is 6.35. The molecule has 0 aliphatic carbocycles. The first kappa shape index (κ1) is 11.7. The van der Waals surface area contributed by atoms with Crippen LogP contribution in [0.5, 0.6) is 0 Å². The van der Waals surface area contributed by atoms with Crippen molar-refractivity contribution in [3.05, 3.63) is 52.8 Å². The van der Waals surface area contributed by atoms with E-state index < -0.39 is 0 Å². The Kier molecular flexibility index (Phi) is 3.20. The highest BCUT2D eigenvalue weighted by atomic mass is 35.5. The van der Waals surface area contributed by atoms with Gasteiger partial charge in [0.25, 0.3) is 0 Å². The summed E-state index contributed by atoms with van der Waals surface area (Å²) in [5.41, 5.74) is 8.17. The number of nitrogens with two attached hydrogens (primary N) is 1. The fourth-order valence-electron chi connectivity index (χ4n) is 1.60. The fourth-order valence-corrected chi connectivity index (χ4v) is 1.75. The quantitative estimate of drug-likeness (QED) is 0.787. The van der Waals surface area contributed by atoms with Crippen LogP contribution >= 0.6 is 11.6 Å². The lowest BCUT2D eigenvalue weighted by Gasteiger charge is -2.11. The minimum atomic E-state index is -0.330. The summed E-state index contributed by atoms with van der Waals surface area (Å²) in [4.78, 5) is 0. The van der Waals surface area contributed by atoms with E-state index in [0.717, 1.165) is 5.56 Å². The van der Waals surface area contributed by atoms with Crippen LogP contribution in [0.3, 0.4) is 0 Å². The molecule has 0 atom stereocenters. The largest absolute Gasteiger partial charge is 0.397 e. The molecular weight excluding hydrogens is 239 g/mol. The summed E-state index contributed by atoms with van der Waals surface area (Å²) < 4.78 is 13.5. The Morgan fingerprint density at radius 3 is 2.59 bits per heavy atom. The van der Waals surface area contributed by atoms with Gasteiger partial charge < -0.3 is 11.1 Å². The molecule has 0 fully saturated rings. The number of aryl methyl sites for hydroxylation is 1. The predicted octanol–water partition coefficient (Wildman–Crippen LogP) is 4.11. The molecular formula is C13H12ClFN2. The molecule has 0 radical (unpaired) electrons. The smallest absolute Gasteiger partial charge is 0.146 e. The lowest BCUT2D eigenvalue weighted by molar-refractivity contribution is 0.632. The number of hydrogen-bond donors (Lipinski definition) is 2. The van der Waals surface area contributed by atoms with Gasteiger partial charge in [0.05, 0.1) is 22.1 Å². The topological polar surface area (TPSA) is 38.0 Å². The van der Waals surface area contributed by atoms with Gasteiger partial charge in [0, 0.05) is 0 Å². The highest BCUT2D eigenvalue weighted by Crippen LogP contribution is 2.32. The zero-order chi connectivity index (χ0) is 12.4. The molecule has 2 aromatic carbocycles. The summed E-state index contributed by atoms with van der Waals surface area (Å²) in [6.07, 6.45) is 0. The number of para-hydroxylation sites is 1. The summed E-state index contributed by atoms with van der Waals surface area (Å²) in [5, 5.41) is 3.34. The average molecular weight is 251 g/mol. The zero-order valence-corrected chi connectivity index (χ0v) is 10.1. The number of rotatable bonds is 2.